The topological polar surface area (TPSA) is 38.7 Å². The van der Waals surface area contributed by atoms with E-state index in [1.54, 1.807) is 19.9 Å². The summed E-state index contributed by atoms with van der Waals surface area (Å²) in [6, 6.07) is 3.18. The van der Waals surface area contributed by atoms with Crippen molar-refractivity contribution in [3.8, 4) is 0 Å². The molecular weight excluding hydrogens is 258 g/mol. The molecule has 1 aliphatic heterocycles. The highest BCUT2D eigenvalue weighted by Crippen LogP contribution is 2.36. The summed E-state index contributed by atoms with van der Waals surface area (Å²) in [4.78, 5) is 0. The second-order valence-electron chi connectivity index (χ2n) is 6.48. The molecule has 1 fully saturated rings. The van der Waals surface area contributed by atoms with Crippen LogP contribution in [0.1, 0.15) is 51.8 Å². The van der Waals surface area contributed by atoms with Gasteiger partial charge in [-0.2, -0.15) is 0 Å². The van der Waals surface area contributed by atoms with Crippen molar-refractivity contribution < 1.29 is 18.8 Å². The zero-order valence-electron chi connectivity index (χ0n) is 13.0. The van der Waals surface area contributed by atoms with Crippen LogP contribution >= 0.6 is 0 Å². The van der Waals surface area contributed by atoms with Gasteiger partial charge in [0.15, 0.2) is 0 Å². The van der Waals surface area contributed by atoms with E-state index in [1.807, 2.05) is 27.7 Å². The van der Waals surface area contributed by atoms with Crippen molar-refractivity contribution in [3.05, 3.63) is 29.1 Å². The summed E-state index contributed by atoms with van der Waals surface area (Å²) in [7, 11) is -0.618. The molecule has 0 amide bonds. The van der Waals surface area contributed by atoms with Crippen molar-refractivity contribution >= 4 is 12.6 Å². The zero-order valence-corrected chi connectivity index (χ0v) is 13.0. The van der Waals surface area contributed by atoms with Crippen LogP contribution in [-0.4, -0.2) is 23.4 Å². The molecular formula is C15H22BFO3. The molecule has 3 nitrogen and oxygen atoms in total. The third kappa shape index (κ3) is 2.50. The Morgan fingerprint density at radius 3 is 2.10 bits per heavy atom. The average Bonchev–Trinajstić information content (AvgIpc) is 2.51. The van der Waals surface area contributed by atoms with E-state index >= 15 is 0 Å². The van der Waals surface area contributed by atoms with Crippen LogP contribution in [0.3, 0.4) is 0 Å². The lowest BCUT2D eigenvalue weighted by Crippen LogP contribution is -2.41. The van der Waals surface area contributed by atoms with Crippen LogP contribution in [0.2, 0.25) is 0 Å². The second kappa shape index (κ2) is 4.83. The van der Waals surface area contributed by atoms with Crippen LogP contribution in [0.15, 0.2) is 12.1 Å². The van der Waals surface area contributed by atoms with E-state index in [9.17, 15) is 9.50 Å². The van der Waals surface area contributed by atoms with E-state index in [1.165, 1.54) is 6.07 Å². The lowest BCUT2D eigenvalue weighted by atomic mass is 9.77. The Bertz CT molecular complexity index is 510. The van der Waals surface area contributed by atoms with Gasteiger partial charge in [-0.25, -0.2) is 4.39 Å². The number of benzene rings is 1. The summed E-state index contributed by atoms with van der Waals surface area (Å²) >= 11 is 0. The van der Waals surface area contributed by atoms with E-state index in [0.717, 1.165) is 0 Å². The van der Waals surface area contributed by atoms with E-state index < -0.39 is 24.4 Å². The van der Waals surface area contributed by atoms with E-state index in [-0.39, 0.29) is 5.82 Å². The minimum atomic E-state index is -0.730. The van der Waals surface area contributed by atoms with Crippen molar-refractivity contribution in [1.29, 1.82) is 0 Å². The normalized spacial score (nSPS) is 22.1. The SMILES string of the molecule is Cc1c(F)cc(B2OC(C)(C)C(C)(C)O2)cc1C(C)O. The fourth-order valence-corrected chi connectivity index (χ4v) is 2.27. The first kappa shape index (κ1) is 15.5. The molecule has 0 bridgehead atoms. The minimum absolute atomic E-state index is 0.354. The first-order chi connectivity index (χ1) is 9.05. The van der Waals surface area contributed by atoms with Gasteiger partial charge in [0, 0.05) is 0 Å². The van der Waals surface area contributed by atoms with Gasteiger partial charge in [0.25, 0.3) is 0 Å². The molecule has 1 aliphatic rings. The van der Waals surface area contributed by atoms with Gasteiger partial charge >= 0.3 is 7.12 Å². The number of hydrogen-bond acceptors (Lipinski definition) is 3. The molecule has 0 aromatic heterocycles. The molecule has 1 unspecified atom stereocenters. The predicted molar refractivity (Wildman–Crippen MR) is 77.5 cm³/mol. The molecule has 2 rings (SSSR count). The highest BCUT2D eigenvalue weighted by atomic mass is 19.1. The molecule has 0 aliphatic carbocycles. The van der Waals surface area contributed by atoms with E-state index in [0.29, 0.717) is 16.6 Å². The van der Waals surface area contributed by atoms with Gasteiger partial charge < -0.3 is 14.4 Å². The van der Waals surface area contributed by atoms with E-state index in [2.05, 4.69) is 0 Å². The number of aliphatic hydroxyl groups is 1. The highest BCUT2D eigenvalue weighted by molar-refractivity contribution is 6.62. The fraction of sp³-hybridized carbons (Fsp3) is 0.600. The van der Waals surface area contributed by atoms with Gasteiger partial charge in [-0.05, 0) is 64.2 Å². The number of hydrogen-bond donors (Lipinski definition) is 1. The smallest absolute Gasteiger partial charge is 0.399 e. The van der Waals surface area contributed by atoms with Crippen molar-refractivity contribution in [2.75, 3.05) is 0 Å². The predicted octanol–water partition coefficient (Wildman–Crippen LogP) is 2.49. The summed E-state index contributed by atoms with van der Waals surface area (Å²) < 4.78 is 25.8. The van der Waals surface area contributed by atoms with Crippen LogP contribution in [0.4, 0.5) is 4.39 Å². The standard InChI is InChI=1S/C15H22BFO3/c1-9-12(10(2)18)7-11(8-13(9)17)16-19-14(3,4)15(5,6)20-16/h7-8,10,18H,1-6H3. The number of rotatable bonds is 2. The Morgan fingerprint density at radius 2 is 1.65 bits per heavy atom. The van der Waals surface area contributed by atoms with Crippen molar-refractivity contribution in [2.45, 2.75) is 58.8 Å². The Balaban J connectivity index is 2.41. The third-order valence-corrected chi connectivity index (χ3v) is 4.38. The molecule has 110 valence electrons. The first-order valence-electron chi connectivity index (χ1n) is 6.89. The highest BCUT2D eigenvalue weighted by Gasteiger charge is 2.51. The molecule has 1 N–H and O–H groups in total. The van der Waals surface area contributed by atoms with Gasteiger partial charge in [0.2, 0.25) is 0 Å². The summed E-state index contributed by atoms with van der Waals surface area (Å²) in [6.45, 7) is 11.1. The Hall–Kier alpha value is -0.905. The van der Waals surface area contributed by atoms with Gasteiger partial charge in [0.05, 0.1) is 17.3 Å². The van der Waals surface area contributed by atoms with Gasteiger partial charge in [-0.3, -0.25) is 0 Å². The molecule has 0 radical (unpaired) electrons. The third-order valence-electron chi connectivity index (χ3n) is 4.38. The molecule has 0 spiro atoms. The molecule has 1 saturated heterocycles. The molecule has 1 aromatic carbocycles. The van der Waals surface area contributed by atoms with Gasteiger partial charge in [-0.15, -0.1) is 0 Å². The van der Waals surface area contributed by atoms with Crippen LogP contribution in [-0.2, 0) is 9.31 Å². The van der Waals surface area contributed by atoms with Crippen LogP contribution in [0.5, 0.6) is 0 Å². The fourth-order valence-electron chi connectivity index (χ4n) is 2.27. The van der Waals surface area contributed by atoms with Crippen LogP contribution < -0.4 is 5.46 Å². The van der Waals surface area contributed by atoms with E-state index in [4.69, 9.17) is 9.31 Å². The van der Waals surface area contributed by atoms with Gasteiger partial charge in [0.1, 0.15) is 5.82 Å². The molecule has 20 heavy (non-hydrogen) atoms. The number of aliphatic hydroxyl groups excluding tert-OH is 1. The Morgan fingerprint density at radius 1 is 1.15 bits per heavy atom. The number of halogens is 1. The molecule has 1 aromatic rings. The summed E-state index contributed by atoms with van der Waals surface area (Å²) in [5.41, 5.74) is 0.686. The monoisotopic (exact) mass is 280 g/mol. The van der Waals surface area contributed by atoms with Crippen molar-refractivity contribution in [1.82, 2.24) is 0 Å². The summed E-state index contributed by atoms with van der Waals surface area (Å²) in [5, 5.41) is 9.75. The maximum Gasteiger partial charge on any atom is 0.494 e. The lowest BCUT2D eigenvalue weighted by molar-refractivity contribution is 0.00578. The summed E-state index contributed by atoms with van der Waals surface area (Å²) in [6.07, 6.45) is -0.730. The summed E-state index contributed by atoms with van der Waals surface area (Å²) in [5.74, 6) is -0.354. The molecule has 1 heterocycles. The average molecular weight is 280 g/mol. The largest absolute Gasteiger partial charge is 0.494 e. The molecule has 5 heteroatoms. The lowest BCUT2D eigenvalue weighted by Gasteiger charge is -2.32. The maximum absolute atomic E-state index is 14.0. The second-order valence-corrected chi connectivity index (χ2v) is 6.48. The maximum atomic E-state index is 14.0. The van der Waals surface area contributed by atoms with Crippen molar-refractivity contribution in [3.63, 3.8) is 0 Å². The Labute approximate surface area is 120 Å². The quantitative estimate of drug-likeness (QED) is 0.846. The molecule has 0 saturated carbocycles. The minimum Gasteiger partial charge on any atom is -0.399 e. The zero-order chi connectivity index (χ0) is 15.3. The Kier molecular flexibility index (Phi) is 3.74. The first-order valence-corrected chi connectivity index (χ1v) is 6.89. The van der Waals surface area contributed by atoms with Crippen LogP contribution in [0, 0.1) is 12.7 Å². The van der Waals surface area contributed by atoms with Crippen LogP contribution in [0.25, 0.3) is 0 Å². The van der Waals surface area contributed by atoms with Crippen molar-refractivity contribution in [2.24, 2.45) is 0 Å². The molecule has 1 atom stereocenters. The van der Waals surface area contributed by atoms with Gasteiger partial charge in [-0.1, -0.05) is 6.07 Å².